The average molecular weight is 300 g/mol. The first-order valence-corrected chi connectivity index (χ1v) is 7.94. The second-order valence-corrected chi connectivity index (χ2v) is 5.91. The van der Waals surface area contributed by atoms with Crippen LogP contribution >= 0.6 is 0 Å². The number of aliphatic hydroxyl groups excluding tert-OH is 1. The van der Waals surface area contributed by atoms with E-state index in [1.165, 1.54) is 0 Å². The van der Waals surface area contributed by atoms with Crippen molar-refractivity contribution in [1.82, 2.24) is 10.6 Å². The van der Waals surface area contributed by atoms with E-state index in [1.807, 2.05) is 0 Å². The molecule has 122 valence electrons. The van der Waals surface area contributed by atoms with Crippen molar-refractivity contribution in [3.63, 3.8) is 0 Å². The SMILES string of the molecule is CCCC(CCO)CNC(=O)NC1CCC(C(=O)O)CC1. The zero-order chi connectivity index (χ0) is 15.7. The van der Waals surface area contributed by atoms with Gasteiger partial charge in [-0.05, 0) is 44.4 Å². The van der Waals surface area contributed by atoms with Crippen LogP contribution in [0.5, 0.6) is 0 Å². The Morgan fingerprint density at radius 1 is 1.19 bits per heavy atom. The average Bonchev–Trinajstić information content (AvgIpc) is 2.46. The molecule has 0 spiro atoms. The number of amides is 2. The normalized spacial score (nSPS) is 23.3. The van der Waals surface area contributed by atoms with Gasteiger partial charge in [0.25, 0.3) is 0 Å². The highest BCUT2D eigenvalue weighted by molar-refractivity contribution is 5.74. The van der Waals surface area contributed by atoms with Crippen molar-refractivity contribution in [3.8, 4) is 0 Å². The summed E-state index contributed by atoms with van der Waals surface area (Å²) >= 11 is 0. The Bertz CT molecular complexity index is 322. The molecule has 21 heavy (non-hydrogen) atoms. The minimum absolute atomic E-state index is 0.0723. The number of hydrogen-bond donors (Lipinski definition) is 4. The lowest BCUT2D eigenvalue weighted by atomic mass is 9.86. The summed E-state index contributed by atoms with van der Waals surface area (Å²) in [5.41, 5.74) is 0. The zero-order valence-electron chi connectivity index (χ0n) is 12.8. The highest BCUT2D eigenvalue weighted by Crippen LogP contribution is 2.24. The molecule has 4 N–H and O–H groups in total. The summed E-state index contributed by atoms with van der Waals surface area (Å²) in [6.07, 6.45) is 5.43. The molecule has 1 rings (SSSR count). The van der Waals surface area contributed by atoms with E-state index < -0.39 is 5.97 Å². The molecule has 1 unspecified atom stereocenters. The van der Waals surface area contributed by atoms with Gasteiger partial charge in [0.2, 0.25) is 0 Å². The van der Waals surface area contributed by atoms with Gasteiger partial charge in [0.1, 0.15) is 0 Å². The van der Waals surface area contributed by atoms with Gasteiger partial charge in [0, 0.05) is 19.2 Å². The first kappa shape index (κ1) is 17.8. The van der Waals surface area contributed by atoms with Crippen LogP contribution in [-0.2, 0) is 4.79 Å². The van der Waals surface area contributed by atoms with E-state index in [4.69, 9.17) is 10.2 Å². The van der Waals surface area contributed by atoms with Crippen LogP contribution in [0.2, 0.25) is 0 Å². The number of aliphatic hydroxyl groups is 1. The van der Waals surface area contributed by atoms with Crippen LogP contribution in [-0.4, -0.2) is 41.4 Å². The van der Waals surface area contributed by atoms with Gasteiger partial charge in [-0.3, -0.25) is 4.79 Å². The van der Waals surface area contributed by atoms with Gasteiger partial charge in [-0.1, -0.05) is 13.3 Å². The molecule has 0 aromatic carbocycles. The molecule has 0 aliphatic heterocycles. The summed E-state index contributed by atoms with van der Waals surface area (Å²) in [4.78, 5) is 22.7. The molecule has 1 aliphatic carbocycles. The van der Waals surface area contributed by atoms with Crippen molar-refractivity contribution in [2.75, 3.05) is 13.2 Å². The van der Waals surface area contributed by atoms with Crippen molar-refractivity contribution >= 4 is 12.0 Å². The third kappa shape index (κ3) is 6.80. The number of urea groups is 1. The van der Waals surface area contributed by atoms with E-state index in [9.17, 15) is 9.59 Å². The summed E-state index contributed by atoms with van der Waals surface area (Å²) in [6.45, 7) is 2.81. The number of carbonyl (C=O) groups excluding carboxylic acids is 1. The first-order chi connectivity index (χ1) is 10.1. The standard InChI is InChI=1S/C15H28N2O4/c1-2-3-11(8-9-18)10-16-15(21)17-13-6-4-12(5-7-13)14(19)20/h11-13,18H,2-10H2,1H3,(H,19,20)(H2,16,17,21). The number of carboxylic acids is 1. The second kappa shape index (κ2) is 9.60. The summed E-state index contributed by atoms with van der Waals surface area (Å²) < 4.78 is 0. The molecule has 6 nitrogen and oxygen atoms in total. The number of carbonyl (C=O) groups is 2. The lowest BCUT2D eigenvalue weighted by molar-refractivity contribution is -0.142. The predicted octanol–water partition coefficient (Wildman–Crippen LogP) is 1.73. The molecule has 0 radical (unpaired) electrons. The fraction of sp³-hybridized carbons (Fsp3) is 0.867. The molecule has 6 heteroatoms. The Hall–Kier alpha value is -1.30. The lowest BCUT2D eigenvalue weighted by Crippen LogP contribution is -2.45. The monoisotopic (exact) mass is 300 g/mol. The molecule has 2 amide bonds. The van der Waals surface area contributed by atoms with Gasteiger partial charge in [0.15, 0.2) is 0 Å². The van der Waals surface area contributed by atoms with Gasteiger partial charge in [-0.15, -0.1) is 0 Å². The topological polar surface area (TPSA) is 98.7 Å². The predicted molar refractivity (Wildman–Crippen MR) is 80.0 cm³/mol. The number of carboxylic acid groups (broad SMARTS) is 1. The van der Waals surface area contributed by atoms with E-state index >= 15 is 0 Å². The van der Waals surface area contributed by atoms with Crippen LogP contribution in [0.1, 0.15) is 51.9 Å². The molecule has 0 bridgehead atoms. The maximum atomic E-state index is 11.8. The van der Waals surface area contributed by atoms with E-state index in [1.54, 1.807) is 0 Å². The van der Waals surface area contributed by atoms with Crippen molar-refractivity contribution < 1.29 is 19.8 Å². The fourth-order valence-electron chi connectivity index (χ4n) is 2.90. The fourth-order valence-corrected chi connectivity index (χ4v) is 2.90. The highest BCUT2D eigenvalue weighted by Gasteiger charge is 2.26. The Balaban J connectivity index is 2.23. The van der Waals surface area contributed by atoms with Crippen LogP contribution in [0.4, 0.5) is 4.79 Å². The molecule has 1 saturated carbocycles. The van der Waals surface area contributed by atoms with Crippen LogP contribution in [0.25, 0.3) is 0 Å². The molecule has 0 aromatic rings. The Morgan fingerprint density at radius 3 is 2.38 bits per heavy atom. The summed E-state index contributed by atoms with van der Waals surface area (Å²) in [6, 6.07) is -0.115. The lowest BCUT2D eigenvalue weighted by Gasteiger charge is -2.27. The van der Waals surface area contributed by atoms with Gasteiger partial charge >= 0.3 is 12.0 Å². The molecule has 1 atom stereocenters. The van der Waals surface area contributed by atoms with Crippen LogP contribution < -0.4 is 10.6 Å². The largest absolute Gasteiger partial charge is 0.481 e. The minimum atomic E-state index is -0.732. The van der Waals surface area contributed by atoms with E-state index in [0.717, 1.165) is 25.7 Å². The maximum Gasteiger partial charge on any atom is 0.315 e. The Morgan fingerprint density at radius 2 is 1.86 bits per heavy atom. The summed E-state index contributed by atoms with van der Waals surface area (Å²) in [7, 11) is 0. The van der Waals surface area contributed by atoms with Crippen LogP contribution in [0.3, 0.4) is 0 Å². The Labute approximate surface area is 126 Å². The van der Waals surface area contributed by atoms with Gasteiger partial charge in [-0.2, -0.15) is 0 Å². The number of rotatable bonds is 8. The van der Waals surface area contributed by atoms with Crippen LogP contribution in [0.15, 0.2) is 0 Å². The van der Waals surface area contributed by atoms with Gasteiger partial charge in [-0.25, -0.2) is 4.79 Å². The molecule has 0 aromatic heterocycles. The maximum absolute atomic E-state index is 11.8. The Kier molecular flexibility index (Phi) is 8.12. The van der Waals surface area contributed by atoms with Crippen LogP contribution in [0, 0.1) is 11.8 Å². The quantitative estimate of drug-likeness (QED) is 0.548. The molecule has 0 heterocycles. The van der Waals surface area contributed by atoms with E-state index in [-0.39, 0.29) is 24.6 Å². The third-order valence-electron chi connectivity index (χ3n) is 4.20. The van der Waals surface area contributed by atoms with Gasteiger partial charge in [0.05, 0.1) is 5.92 Å². The zero-order valence-corrected chi connectivity index (χ0v) is 12.8. The molecule has 1 fully saturated rings. The van der Waals surface area contributed by atoms with Gasteiger partial charge < -0.3 is 20.8 Å². The first-order valence-electron chi connectivity index (χ1n) is 7.94. The van der Waals surface area contributed by atoms with Crippen molar-refractivity contribution in [2.45, 2.75) is 57.9 Å². The number of aliphatic carboxylic acids is 1. The molecular weight excluding hydrogens is 272 g/mol. The second-order valence-electron chi connectivity index (χ2n) is 5.91. The smallest absolute Gasteiger partial charge is 0.315 e. The third-order valence-corrected chi connectivity index (χ3v) is 4.20. The molecule has 0 saturated heterocycles. The number of hydrogen-bond acceptors (Lipinski definition) is 3. The van der Waals surface area contributed by atoms with Crippen molar-refractivity contribution in [3.05, 3.63) is 0 Å². The van der Waals surface area contributed by atoms with E-state index in [2.05, 4.69) is 17.6 Å². The van der Waals surface area contributed by atoms with Crippen molar-refractivity contribution in [1.29, 1.82) is 0 Å². The van der Waals surface area contributed by atoms with E-state index in [0.29, 0.717) is 31.7 Å². The highest BCUT2D eigenvalue weighted by atomic mass is 16.4. The summed E-state index contributed by atoms with van der Waals surface area (Å²) in [5.74, 6) is -0.678. The minimum Gasteiger partial charge on any atom is -0.481 e. The summed E-state index contributed by atoms with van der Waals surface area (Å²) in [5, 5.41) is 23.7. The number of nitrogens with one attached hydrogen (secondary N) is 2. The van der Waals surface area contributed by atoms with Crippen molar-refractivity contribution in [2.24, 2.45) is 11.8 Å². The molecule has 1 aliphatic rings. The molecular formula is C15H28N2O4.